The summed E-state index contributed by atoms with van der Waals surface area (Å²) in [6, 6.07) is 3.80. The van der Waals surface area contributed by atoms with Gasteiger partial charge in [0.2, 0.25) is 0 Å². The molecule has 0 atom stereocenters. The number of nitrogens with one attached hydrogen (secondary N) is 2. The molecule has 3 nitrogen and oxygen atoms in total. The minimum atomic E-state index is -0.177. The molecule has 0 spiro atoms. The van der Waals surface area contributed by atoms with Crippen molar-refractivity contribution in [3.05, 3.63) is 32.8 Å². The zero-order chi connectivity index (χ0) is 12.4. The fourth-order valence-corrected chi connectivity index (χ4v) is 2.22. The number of benzene rings is 1. The highest BCUT2D eigenvalue weighted by atomic mass is 79.9. The monoisotopic (exact) mass is 354 g/mol. The molecule has 1 aromatic heterocycles. The van der Waals surface area contributed by atoms with Crippen LogP contribution in [0.2, 0.25) is 0 Å². The number of H-pyrrole nitrogens is 1. The molecule has 0 radical (unpaired) electrons. The van der Waals surface area contributed by atoms with Crippen molar-refractivity contribution >= 4 is 48.7 Å². The van der Waals surface area contributed by atoms with E-state index in [0.717, 1.165) is 19.8 Å². The van der Waals surface area contributed by atoms with Gasteiger partial charge in [-0.05, 0) is 44.0 Å². The minimum Gasteiger partial charge on any atom is -0.360 e. The van der Waals surface area contributed by atoms with Crippen LogP contribution in [-0.2, 0) is 0 Å². The maximum atomic E-state index is 11.8. The van der Waals surface area contributed by atoms with E-state index in [0.29, 0.717) is 5.56 Å². The van der Waals surface area contributed by atoms with Crippen LogP contribution < -0.4 is 5.32 Å². The highest BCUT2D eigenvalue weighted by molar-refractivity contribution is 9.13. The van der Waals surface area contributed by atoms with Gasteiger partial charge in [-0.2, -0.15) is 0 Å². The van der Waals surface area contributed by atoms with Gasteiger partial charge in [0, 0.05) is 26.0 Å². The highest BCUT2D eigenvalue weighted by Gasteiger charge is 2.12. The summed E-state index contributed by atoms with van der Waals surface area (Å²) >= 11 is 6.82. The molecular weight excluding hydrogens is 348 g/mol. The number of aromatic nitrogens is 1. The number of terminal acetylenes is 1. The van der Waals surface area contributed by atoms with E-state index in [1.54, 1.807) is 6.20 Å². The Balaban J connectivity index is 2.46. The van der Waals surface area contributed by atoms with Gasteiger partial charge in [-0.1, -0.05) is 5.92 Å². The number of fused-ring (bicyclic) bond motifs is 1. The Morgan fingerprint density at radius 1 is 1.41 bits per heavy atom. The van der Waals surface area contributed by atoms with Gasteiger partial charge >= 0.3 is 0 Å². The molecule has 2 rings (SSSR count). The Kier molecular flexibility index (Phi) is 3.55. The summed E-state index contributed by atoms with van der Waals surface area (Å²) in [4.78, 5) is 14.9. The summed E-state index contributed by atoms with van der Waals surface area (Å²) < 4.78 is 1.83. The SMILES string of the molecule is C#CCNC(=O)c1c[nH]c2cc(Br)c(Br)cc12. The van der Waals surface area contributed by atoms with Gasteiger partial charge in [-0.3, -0.25) is 4.79 Å². The van der Waals surface area contributed by atoms with Crippen LogP contribution in [-0.4, -0.2) is 17.4 Å². The number of hydrogen-bond acceptors (Lipinski definition) is 1. The molecule has 0 saturated carbocycles. The van der Waals surface area contributed by atoms with Gasteiger partial charge in [0.25, 0.3) is 5.91 Å². The van der Waals surface area contributed by atoms with Gasteiger partial charge in [0.05, 0.1) is 12.1 Å². The van der Waals surface area contributed by atoms with Crippen molar-refractivity contribution in [2.24, 2.45) is 0 Å². The van der Waals surface area contributed by atoms with Crippen LogP contribution in [0.4, 0.5) is 0 Å². The Labute approximate surface area is 115 Å². The quantitative estimate of drug-likeness (QED) is 0.799. The van der Waals surface area contributed by atoms with Crippen LogP contribution in [0.1, 0.15) is 10.4 Å². The van der Waals surface area contributed by atoms with Crippen LogP contribution in [0.3, 0.4) is 0 Å². The molecule has 1 aromatic carbocycles. The fourth-order valence-electron chi connectivity index (χ4n) is 1.53. The molecule has 0 aliphatic heterocycles. The van der Waals surface area contributed by atoms with Crippen LogP contribution in [0.25, 0.3) is 10.9 Å². The molecule has 0 bridgehead atoms. The van der Waals surface area contributed by atoms with Gasteiger partial charge in [0.1, 0.15) is 0 Å². The zero-order valence-electron chi connectivity index (χ0n) is 8.68. The van der Waals surface area contributed by atoms with Crippen molar-refractivity contribution in [1.29, 1.82) is 0 Å². The van der Waals surface area contributed by atoms with E-state index in [-0.39, 0.29) is 12.5 Å². The number of rotatable bonds is 2. The molecule has 86 valence electrons. The van der Waals surface area contributed by atoms with Crippen molar-refractivity contribution in [3.8, 4) is 12.3 Å². The Morgan fingerprint density at radius 2 is 2.12 bits per heavy atom. The van der Waals surface area contributed by atoms with Crippen molar-refractivity contribution in [2.75, 3.05) is 6.54 Å². The van der Waals surface area contributed by atoms with E-state index in [1.165, 1.54) is 0 Å². The lowest BCUT2D eigenvalue weighted by molar-refractivity contribution is 0.0960. The molecule has 0 aliphatic carbocycles. The number of aromatic amines is 1. The van der Waals surface area contributed by atoms with Crippen molar-refractivity contribution < 1.29 is 4.79 Å². The molecule has 5 heteroatoms. The maximum Gasteiger partial charge on any atom is 0.254 e. The number of carbonyl (C=O) groups is 1. The first-order chi connectivity index (χ1) is 8.13. The summed E-state index contributed by atoms with van der Waals surface area (Å²) in [7, 11) is 0. The lowest BCUT2D eigenvalue weighted by Gasteiger charge is -2.01. The predicted octanol–water partition coefficient (Wildman–Crippen LogP) is 3.06. The average molecular weight is 356 g/mol. The largest absolute Gasteiger partial charge is 0.360 e. The van der Waals surface area contributed by atoms with E-state index in [4.69, 9.17) is 6.42 Å². The summed E-state index contributed by atoms with van der Waals surface area (Å²) in [5.41, 5.74) is 1.48. The molecule has 1 amide bonds. The van der Waals surface area contributed by atoms with Gasteiger partial charge in [-0.15, -0.1) is 6.42 Å². The van der Waals surface area contributed by atoms with Gasteiger partial charge in [0.15, 0.2) is 0 Å². The third-order valence-electron chi connectivity index (χ3n) is 2.32. The van der Waals surface area contributed by atoms with Gasteiger partial charge < -0.3 is 10.3 Å². The first-order valence-corrected chi connectivity index (χ1v) is 6.40. The molecule has 0 fully saturated rings. The van der Waals surface area contributed by atoms with Gasteiger partial charge in [-0.25, -0.2) is 0 Å². The second kappa shape index (κ2) is 4.94. The molecule has 17 heavy (non-hydrogen) atoms. The first-order valence-electron chi connectivity index (χ1n) is 4.81. The Hall–Kier alpha value is -1.25. The van der Waals surface area contributed by atoms with E-state index >= 15 is 0 Å². The molecule has 0 saturated heterocycles. The first kappa shape index (κ1) is 12.2. The summed E-state index contributed by atoms with van der Waals surface area (Å²) in [6.45, 7) is 0.225. The fraction of sp³-hybridized carbons (Fsp3) is 0.0833. The average Bonchev–Trinajstić information content (AvgIpc) is 2.69. The lowest BCUT2D eigenvalue weighted by atomic mass is 10.1. The molecular formula is C12H8Br2N2O. The predicted molar refractivity (Wildman–Crippen MR) is 74.9 cm³/mol. The molecule has 1 heterocycles. The topological polar surface area (TPSA) is 44.9 Å². The third-order valence-corrected chi connectivity index (χ3v) is 4.16. The van der Waals surface area contributed by atoms with E-state index in [9.17, 15) is 4.79 Å². The van der Waals surface area contributed by atoms with Crippen molar-refractivity contribution in [2.45, 2.75) is 0 Å². The zero-order valence-corrected chi connectivity index (χ0v) is 11.9. The lowest BCUT2D eigenvalue weighted by Crippen LogP contribution is -2.23. The highest BCUT2D eigenvalue weighted by Crippen LogP contribution is 2.29. The van der Waals surface area contributed by atoms with Crippen LogP contribution in [0, 0.1) is 12.3 Å². The smallest absolute Gasteiger partial charge is 0.254 e. The van der Waals surface area contributed by atoms with E-state index in [2.05, 4.69) is 48.1 Å². The summed E-state index contributed by atoms with van der Waals surface area (Å²) in [5.74, 6) is 2.19. The standard InChI is InChI=1S/C12H8Br2N2O/c1-2-3-15-12(17)8-6-16-11-5-10(14)9(13)4-7(8)11/h1,4-6,16H,3H2,(H,15,17). The maximum absolute atomic E-state index is 11.8. The normalized spacial score (nSPS) is 10.2. The molecule has 2 N–H and O–H groups in total. The number of halogens is 2. The molecule has 0 unspecified atom stereocenters. The van der Waals surface area contributed by atoms with Crippen LogP contribution >= 0.6 is 31.9 Å². The number of hydrogen-bond donors (Lipinski definition) is 2. The van der Waals surface area contributed by atoms with E-state index in [1.807, 2.05) is 12.1 Å². The third kappa shape index (κ3) is 2.38. The van der Waals surface area contributed by atoms with Crippen molar-refractivity contribution in [1.82, 2.24) is 10.3 Å². The molecule has 2 aromatic rings. The summed E-state index contributed by atoms with van der Waals surface area (Å²) in [6.07, 6.45) is 6.78. The Morgan fingerprint density at radius 3 is 2.82 bits per heavy atom. The van der Waals surface area contributed by atoms with E-state index < -0.39 is 0 Å². The number of amides is 1. The summed E-state index contributed by atoms with van der Waals surface area (Å²) in [5, 5.41) is 3.49. The van der Waals surface area contributed by atoms with Crippen LogP contribution in [0.5, 0.6) is 0 Å². The number of carbonyl (C=O) groups excluding carboxylic acids is 1. The van der Waals surface area contributed by atoms with Crippen LogP contribution in [0.15, 0.2) is 27.3 Å². The Bertz CT molecular complexity index is 625. The van der Waals surface area contributed by atoms with Crippen molar-refractivity contribution in [3.63, 3.8) is 0 Å². The second-order valence-corrected chi connectivity index (χ2v) is 5.11. The second-order valence-electron chi connectivity index (χ2n) is 3.40. The molecule has 0 aliphatic rings. The minimum absolute atomic E-state index is 0.177.